The lowest BCUT2D eigenvalue weighted by atomic mass is 10.0. The van der Waals surface area contributed by atoms with Gasteiger partial charge in [-0.25, -0.2) is 0 Å². The second-order valence-electron chi connectivity index (χ2n) is 9.24. The number of aromatic nitrogens is 1. The van der Waals surface area contributed by atoms with E-state index in [1.165, 1.54) is 12.1 Å². The summed E-state index contributed by atoms with van der Waals surface area (Å²) in [5, 5.41) is 3.07. The second-order valence-corrected chi connectivity index (χ2v) is 10.8. The van der Waals surface area contributed by atoms with Crippen LogP contribution in [0.1, 0.15) is 42.6 Å². The second kappa shape index (κ2) is 12.4. The van der Waals surface area contributed by atoms with Gasteiger partial charge in [0.15, 0.2) is 0 Å². The summed E-state index contributed by atoms with van der Waals surface area (Å²) in [5.74, 6) is 1.45. The first-order chi connectivity index (χ1) is 18.3. The minimum atomic E-state index is -3.66. The smallest absolute Gasteiger partial charge is 0.306 e. The van der Waals surface area contributed by atoms with Crippen LogP contribution in [0.25, 0.3) is 5.69 Å². The first-order valence-corrected chi connectivity index (χ1v) is 14.7. The van der Waals surface area contributed by atoms with Crippen LogP contribution in [-0.4, -0.2) is 62.4 Å². The standard InChI is InChI=1S/C28H35N3O6S/c1-4-35-25-17-21(18-26(36-5-2)27(25)31-13-6-7-14-31)20-30-15-11-23(12-16-30)29-28(32)22-9-8-10-24(19-22)37-38(3,33)34/h6-10,13-14,17-19,23H,4-5,11-12,15-16,20H2,1-3H3,(H,29,32). The highest BCUT2D eigenvalue weighted by atomic mass is 32.2. The van der Waals surface area contributed by atoms with Crippen molar-refractivity contribution in [1.29, 1.82) is 0 Å². The largest absolute Gasteiger partial charge is 0.492 e. The summed E-state index contributed by atoms with van der Waals surface area (Å²) in [6.45, 7) is 7.46. The number of likely N-dealkylation sites (tertiary alicyclic amines) is 1. The Kier molecular flexibility index (Phi) is 8.96. The van der Waals surface area contributed by atoms with Crippen molar-refractivity contribution in [2.75, 3.05) is 32.6 Å². The van der Waals surface area contributed by atoms with Gasteiger partial charge in [0.1, 0.15) is 22.9 Å². The predicted octanol–water partition coefficient (Wildman–Crippen LogP) is 4.01. The molecule has 1 fully saturated rings. The molecule has 1 N–H and O–H groups in total. The van der Waals surface area contributed by atoms with Crippen LogP contribution in [0.2, 0.25) is 0 Å². The predicted molar refractivity (Wildman–Crippen MR) is 146 cm³/mol. The Morgan fingerprint density at radius 1 is 0.974 bits per heavy atom. The normalized spacial score (nSPS) is 14.7. The Morgan fingerprint density at radius 3 is 2.18 bits per heavy atom. The quantitative estimate of drug-likeness (QED) is 0.366. The van der Waals surface area contributed by atoms with Crippen molar-refractivity contribution in [3.63, 3.8) is 0 Å². The van der Waals surface area contributed by atoms with Crippen LogP contribution >= 0.6 is 0 Å². The zero-order valence-corrected chi connectivity index (χ0v) is 22.9. The van der Waals surface area contributed by atoms with E-state index in [4.69, 9.17) is 13.7 Å². The molecule has 204 valence electrons. The van der Waals surface area contributed by atoms with Crippen LogP contribution in [0.15, 0.2) is 60.9 Å². The third kappa shape index (κ3) is 7.29. The van der Waals surface area contributed by atoms with Gasteiger partial charge in [-0.3, -0.25) is 9.69 Å². The molecule has 0 atom stereocenters. The van der Waals surface area contributed by atoms with E-state index in [-0.39, 0.29) is 17.7 Å². The number of carbonyl (C=O) groups is 1. The summed E-state index contributed by atoms with van der Waals surface area (Å²) in [6.07, 6.45) is 6.55. The van der Waals surface area contributed by atoms with E-state index in [2.05, 4.69) is 22.3 Å². The number of benzene rings is 2. The van der Waals surface area contributed by atoms with Crippen molar-refractivity contribution in [2.45, 2.75) is 39.3 Å². The lowest BCUT2D eigenvalue weighted by Gasteiger charge is -2.32. The summed E-state index contributed by atoms with van der Waals surface area (Å²) in [4.78, 5) is 15.1. The molecule has 0 saturated carbocycles. The van der Waals surface area contributed by atoms with E-state index >= 15 is 0 Å². The van der Waals surface area contributed by atoms with E-state index in [1.807, 2.05) is 42.9 Å². The molecule has 0 bridgehead atoms. The first-order valence-electron chi connectivity index (χ1n) is 12.8. The van der Waals surface area contributed by atoms with Gasteiger partial charge in [-0.1, -0.05) is 6.07 Å². The van der Waals surface area contributed by atoms with Crippen LogP contribution in [0, 0.1) is 0 Å². The van der Waals surface area contributed by atoms with Crippen molar-refractivity contribution in [3.8, 4) is 22.9 Å². The van der Waals surface area contributed by atoms with Crippen LogP contribution in [-0.2, 0) is 16.7 Å². The molecule has 1 aliphatic rings. The number of hydrogen-bond acceptors (Lipinski definition) is 7. The average Bonchev–Trinajstić information content (AvgIpc) is 3.39. The van der Waals surface area contributed by atoms with Gasteiger partial charge < -0.3 is 23.5 Å². The van der Waals surface area contributed by atoms with Crippen molar-refractivity contribution >= 4 is 16.0 Å². The van der Waals surface area contributed by atoms with Crippen molar-refractivity contribution < 1.29 is 26.9 Å². The molecule has 10 heteroatoms. The van der Waals surface area contributed by atoms with E-state index in [1.54, 1.807) is 12.1 Å². The fourth-order valence-corrected chi connectivity index (χ4v) is 5.08. The molecule has 1 aromatic heterocycles. The third-order valence-corrected chi connectivity index (χ3v) is 6.73. The molecule has 1 saturated heterocycles. The van der Waals surface area contributed by atoms with E-state index in [0.29, 0.717) is 18.8 Å². The van der Waals surface area contributed by atoms with Crippen LogP contribution < -0.4 is 19.0 Å². The lowest BCUT2D eigenvalue weighted by Crippen LogP contribution is -2.44. The number of hydrogen-bond donors (Lipinski definition) is 1. The summed E-state index contributed by atoms with van der Waals surface area (Å²) >= 11 is 0. The molecule has 2 aromatic carbocycles. The first kappa shape index (κ1) is 27.5. The zero-order valence-electron chi connectivity index (χ0n) is 22.1. The summed E-state index contributed by atoms with van der Waals surface area (Å²) in [7, 11) is -3.66. The monoisotopic (exact) mass is 541 g/mol. The van der Waals surface area contributed by atoms with Gasteiger partial charge in [-0.05, 0) is 74.7 Å². The van der Waals surface area contributed by atoms with E-state index < -0.39 is 10.1 Å². The van der Waals surface area contributed by atoms with Crippen LogP contribution in [0.4, 0.5) is 0 Å². The highest BCUT2D eigenvalue weighted by Crippen LogP contribution is 2.35. The zero-order chi connectivity index (χ0) is 27.1. The van der Waals surface area contributed by atoms with E-state index in [0.717, 1.165) is 61.5 Å². The van der Waals surface area contributed by atoms with Gasteiger partial charge in [0.2, 0.25) is 0 Å². The minimum Gasteiger partial charge on any atom is -0.492 e. The molecular weight excluding hydrogens is 506 g/mol. The minimum absolute atomic E-state index is 0.0346. The topological polar surface area (TPSA) is 99.1 Å². The average molecular weight is 542 g/mol. The number of carbonyl (C=O) groups excluding carboxylic acids is 1. The molecule has 1 aliphatic heterocycles. The molecule has 0 radical (unpaired) electrons. The Bertz CT molecular complexity index is 1310. The maximum Gasteiger partial charge on any atom is 0.306 e. The van der Waals surface area contributed by atoms with Gasteiger partial charge in [0, 0.05) is 43.6 Å². The number of nitrogens with one attached hydrogen (secondary N) is 1. The third-order valence-electron chi connectivity index (χ3n) is 6.23. The Morgan fingerprint density at radius 2 is 1.61 bits per heavy atom. The highest BCUT2D eigenvalue weighted by Gasteiger charge is 2.23. The van der Waals surface area contributed by atoms with E-state index in [9.17, 15) is 13.2 Å². The molecule has 0 spiro atoms. The van der Waals surface area contributed by atoms with Crippen LogP contribution in [0.3, 0.4) is 0 Å². The molecule has 2 heterocycles. The summed E-state index contributed by atoms with van der Waals surface area (Å²) in [5.41, 5.74) is 2.37. The Balaban J connectivity index is 1.39. The van der Waals surface area contributed by atoms with Crippen molar-refractivity contribution in [2.24, 2.45) is 0 Å². The maximum atomic E-state index is 12.8. The molecular formula is C28H35N3O6S. The molecule has 38 heavy (non-hydrogen) atoms. The summed E-state index contributed by atoms with van der Waals surface area (Å²) < 4.78 is 41.7. The number of nitrogens with zero attached hydrogens (tertiary/aromatic N) is 2. The van der Waals surface area contributed by atoms with Gasteiger partial charge >= 0.3 is 10.1 Å². The fourth-order valence-electron chi connectivity index (χ4n) is 4.62. The number of amides is 1. The van der Waals surface area contributed by atoms with Gasteiger partial charge in [0.25, 0.3) is 5.91 Å². The molecule has 1 amide bonds. The Hall–Kier alpha value is -3.50. The SMILES string of the molecule is CCOc1cc(CN2CCC(NC(=O)c3cccc(OS(C)(=O)=O)c3)CC2)cc(OCC)c1-n1cccc1. The summed E-state index contributed by atoms with van der Waals surface area (Å²) in [6, 6.07) is 14.3. The molecule has 0 aliphatic carbocycles. The van der Waals surface area contributed by atoms with Crippen molar-refractivity contribution in [3.05, 3.63) is 72.1 Å². The van der Waals surface area contributed by atoms with Gasteiger partial charge in [-0.2, -0.15) is 8.42 Å². The Labute approximate surface area is 224 Å². The number of piperidine rings is 1. The fraction of sp³-hybridized carbons (Fsp3) is 0.393. The molecule has 4 rings (SSSR count). The van der Waals surface area contributed by atoms with Gasteiger partial charge in [-0.15, -0.1) is 0 Å². The van der Waals surface area contributed by atoms with Crippen LogP contribution in [0.5, 0.6) is 17.2 Å². The molecule has 0 unspecified atom stereocenters. The molecule has 9 nitrogen and oxygen atoms in total. The lowest BCUT2D eigenvalue weighted by molar-refractivity contribution is 0.0908. The highest BCUT2D eigenvalue weighted by molar-refractivity contribution is 7.86. The number of rotatable bonds is 11. The van der Waals surface area contributed by atoms with Gasteiger partial charge in [0.05, 0.1) is 19.5 Å². The number of ether oxygens (including phenoxy) is 2. The maximum absolute atomic E-state index is 12.8. The molecule has 3 aromatic rings. The van der Waals surface area contributed by atoms with Crippen molar-refractivity contribution in [1.82, 2.24) is 14.8 Å².